The Balaban J connectivity index is 2.23. The van der Waals surface area contributed by atoms with E-state index in [1.807, 2.05) is 12.1 Å². The van der Waals surface area contributed by atoms with Gasteiger partial charge in [-0.15, -0.1) is 0 Å². The van der Waals surface area contributed by atoms with Gasteiger partial charge in [-0.25, -0.2) is 4.98 Å². The van der Waals surface area contributed by atoms with Crippen molar-refractivity contribution in [1.82, 2.24) is 4.98 Å². The number of aromatic nitrogens is 1. The van der Waals surface area contributed by atoms with Crippen molar-refractivity contribution in [2.75, 3.05) is 11.4 Å². The fourth-order valence-corrected chi connectivity index (χ4v) is 2.56. The van der Waals surface area contributed by atoms with Gasteiger partial charge in [0.05, 0.1) is 0 Å². The molecule has 0 bridgehead atoms. The van der Waals surface area contributed by atoms with Crippen LogP contribution < -0.4 is 10.6 Å². The average Bonchev–Trinajstić information content (AvgIpc) is 2.84. The van der Waals surface area contributed by atoms with Crippen molar-refractivity contribution in [1.29, 1.82) is 5.41 Å². The summed E-state index contributed by atoms with van der Waals surface area (Å²) in [5.74, 6) is 0.987. The first-order chi connectivity index (χ1) is 8.22. The molecule has 0 spiro atoms. The number of nitrogens with two attached hydrogens (primary N) is 1. The second kappa shape index (κ2) is 5.17. The summed E-state index contributed by atoms with van der Waals surface area (Å²) in [6.45, 7) is 3.11. The van der Waals surface area contributed by atoms with E-state index in [0.717, 1.165) is 12.4 Å². The highest BCUT2D eigenvalue weighted by Gasteiger charge is 2.22. The maximum absolute atomic E-state index is 7.44. The van der Waals surface area contributed by atoms with Gasteiger partial charge in [0, 0.05) is 12.6 Å². The second-order valence-corrected chi connectivity index (χ2v) is 4.52. The van der Waals surface area contributed by atoms with Crippen LogP contribution in [0.25, 0.3) is 0 Å². The summed E-state index contributed by atoms with van der Waals surface area (Å²) >= 11 is 0. The van der Waals surface area contributed by atoms with Crippen LogP contribution in [0.3, 0.4) is 0 Å². The molecule has 1 saturated carbocycles. The van der Waals surface area contributed by atoms with Gasteiger partial charge < -0.3 is 10.6 Å². The van der Waals surface area contributed by atoms with Crippen molar-refractivity contribution >= 4 is 11.7 Å². The van der Waals surface area contributed by atoms with Crippen molar-refractivity contribution < 1.29 is 0 Å². The van der Waals surface area contributed by atoms with E-state index in [1.165, 1.54) is 25.7 Å². The third-order valence-electron chi connectivity index (χ3n) is 3.41. The maximum Gasteiger partial charge on any atom is 0.141 e. The van der Waals surface area contributed by atoms with E-state index in [9.17, 15) is 0 Å². The molecule has 0 amide bonds. The van der Waals surface area contributed by atoms with Crippen LogP contribution >= 0.6 is 0 Å². The summed E-state index contributed by atoms with van der Waals surface area (Å²) in [5.41, 5.74) is 6.05. The Morgan fingerprint density at radius 2 is 2.18 bits per heavy atom. The molecule has 2 rings (SSSR count). The first kappa shape index (κ1) is 11.9. The number of anilines is 1. The average molecular weight is 232 g/mol. The van der Waals surface area contributed by atoms with E-state index >= 15 is 0 Å². The fourth-order valence-electron chi connectivity index (χ4n) is 2.56. The van der Waals surface area contributed by atoms with Gasteiger partial charge in [-0.3, -0.25) is 5.41 Å². The standard InChI is InChI=1S/C13H20N4/c1-2-17(10-6-3-4-7-10)12-9-5-8-11(16-12)13(14)15/h5,8-10H,2-4,6-7H2,1H3,(H3,14,15). The first-order valence-electron chi connectivity index (χ1n) is 6.30. The molecule has 4 nitrogen and oxygen atoms in total. The predicted molar refractivity (Wildman–Crippen MR) is 70.5 cm³/mol. The highest BCUT2D eigenvalue weighted by atomic mass is 15.2. The summed E-state index contributed by atoms with van der Waals surface area (Å²) in [6.07, 6.45) is 5.13. The summed E-state index contributed by atoms with van der Waals surface area (Å²) in [5, 5.41) is 7.44. The number of nitrogens with one attached hydrogen (secondary N) is 1. The number of rotatable bonds is 4. The maximum atomic E-state index is 7.44. The Morgan fingerprint density at radius 1 is 1.47 bits per heavy atom. The van der Waals surface area contributed by atoms with Crippen molar-refractivity contribution in [2.45, 2.75) is 38.6 Å². The molecule has 0 aromatic carbocycles. The van der Waals surface area contributed by atoms with E-state index in [4.69, 9.17) is 11.1 Å². The number of nitrogen functional groups attached to an aromatic ring is 1. The third kappa shape index (κ3) is 2.57. The van der Waals surface area contributed by atoms with Gasteiger partial charge in [-0.2, -0.15) is 0 Å². The van der Waals surface area contributed by atoms with E-state index in [0.29, 0.717) is 11.7 Å². The van der Waals surface area contributed by atoms with Gasteiger partial charge in [-0.05, 0) is 31.9 Å². The Hall–Kier alpha value is -1.58. The minimum atomic E-state index is 0.0364. The molecule has 1 aliphatic carbocycles. The zero-order valence-electron chi connectivity index (χ0n) is 10.3. The molecule has 3 N–H and O–H groups in total. The van der Waals surface area contributed by atoms with Crippen LogP contribution in [0.15, 0.2) is 18.2 Å². The zero-order valence-corrected chi connectivity index (χ0v) is 10.3. The molecule has 0 saturated heterocycles. The first-order valence-corrected chi connectivity index (χ1v) is 6.30. The van der Waals surface area contributed by atoms with Crippen LogP contribution in [0.1, 0.15) is 38.3 Å². The lowest BCUT2D eigenvalue weighted by atomic mass is 10.2. The minimum Gasteiger partial charge on any atom is -0.382 e. The van der Waals surface area contributed by atoms with Crippen molar-refractivity contribution in [3.8, 4) is 0 Å². The molecule has 0 atom stereocenters. The summed E-state index contributed by atoms with van der Waals surface area (Å²) in [7, 11) is 0. The quantitative estimate of drug-likeness (QED) is 0.617. The molecule has 1 aliphatic rings. The lowest BCUT2D eigenvalue weighted by molar-refractivity contribution is 0.613. The number of hydrogen-bond donors (Lipinski definition) is 2. The van der Waals surface area contributed by atoms with E-state index in [2.05, 4.69) is 16.8 Å². The van der Waals surface area contributed by atoms with Gasteiger partial charge in [0.25, 0.3) is 0 Å². The lowest BCUT2D eigenvalue weighted by Gasteiger charge is -2.29. The molecule has 1 heterocycles. The van der Waals surface area contributed by atoms with Gasteiger partial charge >= 0.3 is 0 Å². The van der Waals surface area contributed by atoms with E-state index in [-0.39, 0.29) is 5.84 Å². The second-order valence-electron chi connectivity index (χ2n) is 4.52. The van der Waals surface area contributed by atoms with Crippen LogP contribution in [0.2, 0.25) is 0 Å². The van der Waals surface area contributed by atoms with Crippen LogP contribution in [0.5, 0.6) is 0 Å². The highest BCUT2D eigenvalue weighted by Crippen LogP contribution is 2.26. The van der Waals surface area contributed by atoms with Gasteiger partial charge in [-0.1, -0.05) is 18.9 Å². The molecule has 0 radical (unpaired) electrons. The monoisotopic (exact) mass is 232 g/mol. The predicted octanol–water partition coefficient (Wildman–Crippen LogP) is 2.13. The molecular weight excluding hydrogens is 212 g/mol. The van der Waals surface area contributed by atoms with E-state index < -0.39 is 0 Å². The van der Waals surface area contributed by atoms with Gasteiger partial charge in [0.2, 0.25) is 0 Å². The lowest BCUT2D eigenvalue weighted by Crippen LogP contribution is -2.34. The molecule has 0 aliphatic heterocycles. The van der Waals surface area contributed by atoms with Crippen LogP contribution in [0.4, 0.5) is 5.82 Å². The molecule has 1 aromatic rings. The molecule has 4 heteroatoms. The summed E-state index contributed by atoms with van der Waals surface area (Å²) in [4.78, 5) is 6.80. The molecule has 1 fully saturated rings. The Labute approximate surface area is 102 Å². The van der Waals surface area contributed by atoms with Crippen LogP contribution in [-0.2, 0) is 0 Å². The van der Waals surface area contributed by atoms with Gasteiger partial charge in [0.1, 0.15) is 17.3 Å². The topological polar surface area (TPSA) is 66.0 Å². The summed E-state index contributed by atoms with van der Waals surface area (Å²) < 4.78 is 0. The van der Waals surface area contributed by atoms with Crippen LogP contribution in [0, 0.1) is 5.41 Å². The number of hydrogen-bond acceptors (Lipinski definition) is 3. The molecule has 1 aromatic heterocycles. The smallest absolute Gasteiger partial charge is 0.141 e. The largest absolute Gasteiger partial charge is 0.382 e. The highest BCUT2D eigenvalue weighted by molar-refractivity contribution is 5.93. The molecular formula is C13H20N4. The number of pyridine rings is 1. The van der Waals surface area contributed by atoms with Crippen LogP contribution in [-0.4, -0.2) is 23.4 Å². The Morgan fingerprint density at radius 3 is 2.76 bits per heavy atom. The molecule has 92 valence electrons. The van der Waals surface area contributed by atoms with Crippen molar-refractivity contribution in [3.63, 3.8) is 0 Å². The SMILES string of the molecule is CCN(c1cccc(C(=N)N)n1)C1CCCC1. The number of nitrogens with zero attached hydrogens (tertiary/aromatic N) is 2. The Kier molecular flexibility index (Phi) is 3.61. The minimum absolute atomic E-state index is 0.0364. The normalized spacial score (nSPS) is 16.1. The molecule has 0 unspecified atom stereocenters. The summed E-state index contributed by atoms with van der Waals surface area (Å²) in [6, 6.07) is 6.33. The Bertz CT molecular complexity index is 396. The van der Waals surface area contributed by atoms with Crippen molar-refractivity contribution in [3.05, 3.63) is 23.9 Å². The van der Waals surface area contributed by atoms with Crippen molar-refractivity contribution in [2.24, 2.45) is 5.73 Å². The number of amidine groups is 1. The third-order valence-corrected chi connectivity index (χ3v) is 3.41. The zero-order chi connectivity index (χ0) is 12.3. The van der Waals surface area contributed by atoms with E-state index in [1.54, 1.807) is 6.07 Å². The molecule has 17 heavy (non-hydrogen) atoms. The fraction of sp³-hybridized carbons (Fsp3) is 0.538. The van der Waals surface area contributed by atoms with Gasteiger partial charge in [0.15, 0.2) is 0 Å².